The molecule has 2 aromatic rings. The number of carbonyl (C=O) groups excluding carboxylic acids is 2. The molecule has 32 heavy (non-hydrogen) atoms. The molecule has 1 N–H and O–H groups in total. The molecule has 0 fully saturated rings. The Morgan fingerprint density at radius 2 is 1.84 bits per heavy atom. The Morgan fingerprint density at radius 3 is 2.44 bits per heavy atom. The summed E-state index contributed by atoms with van der Waals surface area (Å²) in [6.45, 7) is 8.26. The fraction of sp³-hybridized carbons (Fsp3) is 0.417. The summed E-state index contributed by atoms with van der Waals surface area (Å²) in [6, 6.07) is 10.1. The normalized spacial score (nSPS) is 11.9. The van der Waals surface area contributed by atoms with E-state index in [2.05, 4.69) is 28.2 Å². The number of halogens is 3. The van der Waals surface area contributed by atoms with Crippen molar-refractivity contribution < 1.29 is 14.3 Å². The van der Waals surface area contributed by atoms with Gasteiger partial charge in [-0.15, -0.1) is 0 Å². The number of hydrogen-bond donors (Lipinski definition) is 1. The summed E-state index contributed by atoms with van der Waals surface area (Å²) in [7, 11) is 0. The van der Waals surface area contributed by atoms with Crippen LogP contribution in [0.5, 0.6) is 5.75 Å². The van der Waals surface area contributed by atoms with Crippen LogP contribution in [0.2, 0.25) is 10.0 Å². The first-order chi connectivity index (χ1) is 15.1. The molecule has 0 saturated carbocycles. The van der Waals surface area contributed by atoms with Crippen molar-refractivity contribution in [1.82, 2.24) is 10.2 Å². The van der Waals surface area contributed by atoms with Gasteiger partial charge in [0.2, 0.25) is 5.91 Å². The quantitative estimate of drug-likeness (QED) is 0.406. The van der Waals surface area contributed by atoms with Gasteiger partial charge >= 0.3 is 0 Å². The third kappa shape index (κ3) is 7.68. The van der Waals surface area contributed by atoms with Crippen molar-refractivity contribution in [1.29, 1.82) is 0 Å². The summed E-state index contributed by atoms with van der Waals surface area (Å²) < 4.78 is 6.55. The molecule has 2 aromatic carbocycles. The lowest BCUT2D eigenvalue weighted by molar-refractivity contribution is -0.142. The van der Waals surface area contributed by atoms with E-state index >= 15 is 0 Å². The van der Waals surface area contributed by atoms with Gasteiger partial charge in [-0.25, -0.2) is 0 Å². The first-order valence-electron chi connectivity index (χ1n) is 10.5. The van der Waals surface area contributed by atoms with Gasteiger partial charge in [-0.3, -0.25) is 9.59 Å². The SMILES string of the molecule is CCc1ccc(OCC(=O)N(Cc2ccc(Cl)cc2Cl)[C@H](C)C(=O)NCC(C)C)c(Br)c1. The van der Waals surface area contributed by atoms with Crippen LogP contribution >= 0.6 is 39.1 Å². The molecule has 0 aliphatic rings. The van der Waals surface area contributed by atoms with E-state index in [4.69, 9.17) is 27.9 Å². The summed E-state index contributed by atoms with van der Waals surface area (Å²) in [4.78, 5) is 27.3. The lowest BCUT2D eigenvalue weighted by Crippen LogP contribution is -2.49. The van der Waals surface area contributed by atoms with Gasteiger partial charge in [0.05, 0.1) is 4.47 Å². The average Bonchev–Trinajstić information content (AvgIpc) is 2.75. The van der Waals surface area contributed by atoms with Crippen LogP contribution in [0.1, 0.15) is 38.8 Å². The minimum atomic E-state index is -0.706. The number of nitrogens with zero attached hydrogens (tertiary/aromatic N) is 1. The molecule has 0 aliphatic heterocycles. The van der Waals surface area contributed by atoms with E-state index in [0.29, 0.717) is 33.8 Å². The molecule has 1 atom stereocenters. The number of rotatable bonds is 10. The third-order valence-electron chi connectivity index (χ3n) is 4.96. The average molecular weight is 544 g/mol. The van der Waals surface area contributed by atoms with Gasteiger partial charge < -0.3 is 15.0 Å². The Bertz CT molecular complexity index is 953. The highest BCUT2D eigenvalue weighted by atomic mass is 79.9. The molecule has 0 aromatic heterocycles. The number of aryl methyl sites for hydroxylation is 1. The fourth-order valence-corrected chi connectivity index (χ4v) is 3.98. The van der Waals surface area contributed by atoms with Crippen LogP contribution in [0, 0.1) is 5.92 Å². The molecule has 2 rings (SSSR count). The highest BCUT2D eigenvalue weighted by Crippen LogP contribution is 2.27. The van der Waals surface area contributed by atoms with E-state index < -0.39 is 6.04 Å². The van der Waals surface area contributed by atoms with Crippen molar-refractivity contribution in [3.8, 4) is 5.75 Å². The standard InChI is InChI=1S/C24H29BrCl2N2O3/c1-5-17-6-9-22(20(25)10-17)32-14-23(30)29(16(4)24(31)28-12-15(2)3)13-18-7-8-19(26)11-21(18)27/h6-11,15-16H,5,12-14H2,1-4H3,(H,28,31)/t16-/m1/s1. The van der Waals surface area contributed by atoms with E-state index in [1.165, 1.54) is 4.90 Å². The number of carbonyl (C=O) groups is 2. The summed E-state index contributed by atoms with van der Waals surface area (Å²) in [5, 5.41) is 3.82. The zero-order chi connectivity index (χ0) is 23.8. The maximum atomic E-state index is 13.2. The molecule has 0 saturated heterocycles. The van der Waals surface area contributed by atoms with Crippen LogP contribution in [0.25, 0.3) is 0 Å². The van der Waals surface area contributed by atoms with Crippen molar-refractivity contribution in [2.75, 3.05) is 13.2 Å². The van der Waals surface area contributed by atoms with Crippen molar-refractivity contribution in [2.45, 2.75) is 46.7 Å². The summed E-state index contributed by atoms with van der Waals surface area (Å²) in [5.41, 5.74) is 1.85. The predicted molar refractivity (Wildman–Crippen MR) is 133 cm³/mol. The van der Waals surface area contributed by atoms with E-state index in [9.17, 15) is 9.59 Å². The zero-order valence-electron chi connectivity index (χ0n) is 18.8. The minimum absolute atomic E-state index is 0.157. The molecule has 5 nitrogen and oxygen atoms in total. The lowest BCUT2D eigenvalue weighted by atomic mass is 10.1. The van der Waals surface area contributed by atoms with Crippen molar-refractivity contribution >= 4 is 50.9 Å². The van der Waals surface area contributed by atoms with Gasteiger partial charge in [0.15, 0.2) is 6.61 Å². The predicted octanol–water partition coefficient (Wildman–Crippen LogP) is 5.89. The van der Waals surface area contributed by atoms with Gasteiger partial charge in [0, 0.05) is 23.1 Å². The molecule has 0 bridgehead atoms. The van der Waals surface area contributed by atoms with Gasteiger partial charge in [-0.05, 0) is 70.6 Å². The van der Waals surface area contributed by atoms with E-state index in [1.807, 2.05) is 32.0 Å². The summed E-state index contributed by atoms with van der Waals surface area (Å²) in [6.07, 6.45) is 0.899. The number of ether oxygens (including phenoxy) is 1. The van der Waals surface area contributed by atoms with Crippen LogP contribution < -0.4 is 10.1 Å². The number of benzene rings is 2. The molecule has 8 heteroatoms. The third-order valence-corrected chi connectivity index (χ3v) is 6.17. The molecule has 0 aliphatic carbocycles. The molecule has 0 radical (unpaired) electrons. The monoisotopic (exact) mass is 542 g/mol. The second-order valence-corrected chi connectivity index (χ2v) is 9.68. The Kier molecular flexibility index (Phi) is 10.3. The topological polar surface area (TPSA) is 58.6 Å². The molecule has 2 amide bonds. The second kappa shape index (κ2) is 12.5. The van der Waals surface area contributed by atoms with Crippen LogP contribution in [0.3, 0.4) is 0 Å². The maximum absolute atomic E-state index is 13.2. The summed E-state index contributed by atoms with van der Waals surface area (Å²) in [5.74, 6) is 0.310. The number of hydrogen-bond acceptors (Lipinski definition) is 3. The Labute approximate surface area is 208 Å². The second-order valence-electron chi connectivity index (χ2n) is 7.98. The van der Waals surface area contributed by atoms with Crippen molar-refractivity contribution in [2.24, 2.45) is 5.92 Å². The molecule has 174 valence electrons. The zero-order valence-corrected chi connectivity index (χ0v) is 21.9. The lowest BCUT2D eigenvalue weighted by Gasteiger charge is -2.29. The Hall–Kier alpha value is -1.76. The largest absolute Gasteiger partial charge is 0.483 e. The maximum Gasteiger partial charge on any atom is 0.261 e. The molecular formula is C24H29BrCl2N2O3. The molecule has 0 spiro atoms. The van der Waals surface area contributed by atoms with Gasteiger partial charge in [-0.1, -0.05) is 56.1 Å². The van der Waals surface area contributed by atoms with Gasteiger partial charge in [0.25, 0.3) is 5.91 Å². The van der Waals surface area contributed by atoms with E-state index in [0.717, 1.165) is 16.5 Å². The minimum Gasteiger partial charge on any atom is -0.483 e. The first-order valence-corrected chi connectivity index (χ1v) is 12.1. The molecule has 0 unspecified atom stereocenters. The van der Waals surface area contributed by atoms with Crippen molar-refractivity contribution in [3.63, 3.8) is 0 Å². The Morgan fingerprint density at radius 1 is 1.12 bits per heavy atom. The number of nitrogens with one attached hydrogen (secondary N) is 1. The highest BCUT2D eigenvalue weighted by molar-refractivity contribution is 9.10. The van der Waals surface area contributed by atoms with E-state index in [1.54, 1.807) is 25.1 Å². The van der Waals surface area contributed by atoms with Crippen LogP contribution in [-0.4, -0.2) is 35.9 Å². The molecule has 0 heterocycles. The fourth-order valence-electron chi connectivity index (χ4n) is 2.97. The highest BCUT2D eigenvalue weighted by Gasteiger charge is 2.27. The van der Waals surface area contributed by atoms with Gasteiger partial charge in [0.1, 0.15) is 11.8 Å². The van der Waals surface area contributed by atoms with Crippen LogP contribution in [0.4, 0.5) is 0 Å². The van der Waals surface area contributed by atoms with Crippen LogP contribution in [0.15, 0.2) is 40.9 Å². The molecular weight excluding hydrogens is 515 g/mol. The Balaban J connectivity index is 2.19. The van der Waals surface area contributed by atoms with Crippen LogP contribution in [-0.2, 0) is 22.6 Å². The first kappa shape index (κ1) is 26.5. The van der Waals surface area contributed by atoms with Gasteiger partial charge in [-0.2, -0.15) is 0 Å². The smallest absolute Gasteiger partial charge is 0.261 e. The van der Waals surface area contributed by atoms with E-state index in [-0.39, 0.29) is 25.0 Å². The number of amides is 2. The summed E-state index contributed by atoms with van der Waals surface area (Å²) >= 11 is 15.8. The van der Waals surface area contributed by atoms with Crippen molar-refractivity contribution in [3.05, 3.63) is 62.0 Å².